The minimum absolute atomic E-state index is 1.75. The summed E-state index contributed by atoms with van der Waals surface area (Å²) in [5.74, 6) is 0. The summed E-state index contributed by atoms with van der Waals surface area (Å²) < 4.78 is 38.0. The van der Waals surface area contributed by atoms with Crippen molar-refractivity contribution in [3.8, 4) is 0 Å². The zero-order valence-electron chi connectivity index (χ0n) is 7.59. The average molecular weight is 279 g/mol. The van der Waals surface area contributed by atoms with Crippen molar-refractivity contribution in [1.82, 2.24) is 4.98 Å². The molecule has 0 radical (unpaired) electrons. The van der Waals surface area contributed by atoms with Gasteiger partial charge in [0.25, 0.3) is 0 Å². The molecule has 1 rings (SSSR count). The molecule has 7 nitrogen and oxygen atoms in total. The third-order valence-corrected chi connectivity index (χ3v) is 0.566. The maximum atomic E-state index is 10.4. The van der Waals surface area contributed by atoms with Gasteiger partial charge in [-0.3, -0.25) is 24.6 Å². The molecule has 0 saturated heterocycles. The fraction of sp³-hybridized carbons (Fsp3) is 0. The second kappa shape index (κ2) is 8.46. The molecule has 1 aromatic rings. The standard InChI is InChI=1S/C5H5N.2FH2O3P/c1-2-4-6-5-3-1;2*1-5(2,3)4/h1-5H;2*(H2,2,3,4). The van der Waals surface area contributed by atoms with Crippen molar-refractivity contribution in [2.75, 3.05) is 0 Å². The molecule has 0 atom stereocenters. The lowest BCUT2D eigenvalue weighted by Crippen LogP contribution is -1.58. The molecule has 94 valence electrons. The fourth-order valence-corrected chi connectivity index (χ4v) is 0.313. The largest absolute Gasteiger partial charge is 0.507 e. The summed E-state index contributed by atoms with van der Waals surface area (Å²) in [7, 11) is -10.3. The lowest BCUT2D eigenvalue weighted by molar-refractivity contribution is 0.320. The molecule has 0 saturated carbocycles. The highest BCUT2D eigenvalue weighted by Gasteiger charge is 2.05. The lowest BCUT2D eigenvalue weighted by atomic mass is 10.5. The molecule has 4 N–H and O–H groups in total. The number of halogens is 2. The third-order valence-electron chi connectivity index (χ3n) is 0.566. The summed E-state index contributed by atoms with van der Waals surface area (Å²) in [6.45, 7) is 0. The second-order valence-corrected chi connectivity index (χ2v) is 3.86. The maximum absolute atomic E-state index is 10.4. The van der Waals surface area contributed by atoms with E-state index < -0.39 is 15.8 Å². The van der Waals surface area contributed by atoms with Gasteiger partial charge in [-0.1, -0.05) is 6.07 Å². The van der Waals surface area contributed by atoms with Crippen molar-refractivity contribution in [3.05, 3.63) is 30.6 Å². The van der Waals surface area contributed by atoms with Crippen LogP contribution in [0.1, 0.15) is 0 Å². The molecule has 0 fully saturated rings. The van der Waals surface area contributed by atoms with Gasteiger partial charge in [0.2, 0.25) is 0 Å². The van der Waals surface area contributed by atoms with Crippen molar-refractivity contribution in [2.45, 2.75) is 0 Å². The van der Waals surface area contributed by atoms with Crippen molar-refractivity contribution < 1.29 is 37.1 Å². The van der Waals surface area contributed by atoms with Gasteiger partial charge in [-0.25, -0.2) is 9.13 Å². The third kappa shape index (κ3) is 71.5. The highest BCUT2D eigenvalue weighted by atomic mass is 31.2. The van der Waals surface area contributed by atoms with Crippen LogP contribution in [0.3, 0.4) is 0 Å². The molecule has 1 aromatic heterocycles. The molecule has 0 aliphatic heterocycles. The number of pyridine rings is 1. The Morgan fingerprint density at radius 1 is 0.812 bits per heavy atom. The first-order valence-corrected chi connectivity index (χ1v) is 6.36. The highest BCUT2D eigenvalue weighted by molar-refractivity contribution is 7.46. The number of hydrogen-bond donors (Lipinski definition) is 4. The van der Waals surface area contributed by atoms with Gasteiger partial charge in [-0.15, -0.1) is 8.39 Å². The van der Waals surface area contributed by atoms with Gasteiger partial charge in [-0.2, -0.15) is 0 Å². The van der Waals surface area contributed by atoms with Crippen molar-refractivity contribution in [3.63, 3.8) is 0 Å². The topological polar surface area (TPSA) is 128 Å². The fourth-order valence-electron chi connectivity index (χ4n) is 0.313. The van der Waals surface area contributed by atoms with Gasteiger partial charge >= 0.3 is 15.8 Å². The molecule has 0 aromatic carbocycles. The van der Waals surface area contributed by atoms with E-state index in [0.29, 0.717) is 0 Å². The molecule has 0 aliphatic rings. The van der Waals surface area contributed by atoms with E-state index in [9.17, 15) is 8.39 Å². The van der Waals surface area contributed by atoms with Gasteiger partial charge in [0, 0.05) is 12.4 Å². The minimum Gasteiger partial charge on any atom is -0.299 e. The molecule has 11 heteroatoms. The van der Waals surface area contributed by atoms with Crippen LogP contribution in [0.25, 0.3) is 0 Å². The summed E-state index contributed by atoms with van der Waals surface area (Å²) in [5, 5.41) is 0. The van der Waals surface area contributed by atoms with E-state index >= 15 is 0 Å². The summed E-state index contributed by atoms with van der Waals surface area (Å²) in [4.78, 5) is 31.6. The monoisotopic (exact) mass is 279 g/mol. The van der Waals surface area contributed by atoms with Gasteiger partial charge < -0.3 is 0 Å². The summed E-state index contributed by atoms with van der Waals surface area (Å²) in [5.41, 5.74) is 0. The van der Waals surface area contributed by atoms with Gasteiger partial charge in [-0.05, 0) is 12.1 Å². The Morgan fingerprint density at radius 3 is 1.12 bits per heavy atom. The van der Waals surface area contributed by atoms with E-state index in [0.717, 1.165) is 0 Å². The molecule has 0 spiro atoms. The summed E-state index contributed by atoms with van der Waals surface area (Å²) in [6, 6.07) is 5.72. The Balaban J connectivity index is 0. The van der Waals surface area contributed by atoms with Crippen LogP contribution in [0.4, 0.5) is 8.39 Å². The number of aromatic nitrogens is 1. The van der Waals surface area contributed by atoms with E-state index in [1.807, 2.05) is 18.2 Å². The van der Waals surface area contributed by atoms with E-state index in [-0.39, 0.29) is 0 Å². The van der Waals surface area contributed by atoms with Crippen molar-refractivity contribution in [1.29, 1.82) is 0 Å². The molecule has 0 unspecified atom stereocenters. The highest BCUT2D eigenvalue weighted by Crippen LogP contribution is 2.35. The van der Waals surface area contributed by atoms with Crippen LogP contribution < -0.4 is 0 Å². The Morgan fingerprint density at radius 2 is 1.06 bits per heavy atom. The van der Waals surface area contributed by atoms with Crippen LogP contribution >= 0.6 is 15.8 Å². The van der Waals surface area contributed by atoms with Crippen LogP contribution in [0.2, 0.25) is 0 Å². The van der Waals surface area contributed by atoms with Crippen LogP contribution in [0.5, 0.6) is 0 Å². The first-order valence-electron chi connectivity index (χ1n) is 3.35. The summed E-state index contributed by atoms with van der Waals surface area (Å²) in [6.07, 6.45) is 3.50. The Bertz CT molecular complexity index is 288. The quantitative estimate of drug-likeness (QED) is 0.525. The Labute approximate surface area is 89.3 Å². The Kier molecular flexibility index (Phi) is 9.36. The number of nitrogens with zero attached hydrogens (tertiary/aromatic N) is 1. The van der Waals surface area contributed by atoms with Crippen molar-refractivity contribution in [2.24, 2.45) is 0 Å². The molecule has 0 amide bonds. The lowest BCUT2D eigenvalue weighted by Gasteiger charge is -1.78. The number of rotatable bonds is 0. The van der Waals surface area contributed by atoms with E-state index in [4.69, 9.17) is 28.7 Å². The zero-order chi connectivity index (χ0) is 13.2. The first kappa shape index (κ1) is 17.7. The Hall–Kier alpha value is -0.690. The normalized spacial score (nSPS) is 10.4. The molecule has 0 aliphatic carbocycles. The van der Waals surface area contributed by atoms with E-state index in [1.54, 1.807) is 12.4 Å². The smallest absolute Gasteiger partial charge is 0.299 e. The first-order chi connectivity index (χ1) is 7.00. The predicted octanol–water partition coefficient (Wildman–Crippen LogP) is 1.18. The van der Waals surface area contributed by atoms with E-state index in [2.05, 4.69) is 4.98 Å². The molecule has 1 heterocycles. The van der Waals surface area contributed by atoms with E-state index in [1.165, 1.54) is 0 Å². The van der Waals surface area contributed by atoms with Crippen LogP contribution in [-0.2, 0) is 9.13 Å². The maximum Gasteiger partial charge on any atom is 0.507 e. The minimum atomic E-state index is -5.14. The van der Waals surface area contributed by atoms with Gasteiger partial charge in [0.15, 0.2) is 0 Å². The summed E-state index contributed by atoms with van der Waals surface area (Å²) >= 11 is 0. The predicted molar refractivity (Wildman–Crippen MR) is 50.5 cm³/mol. The van der Waals surface area contributed by atoms with Gasteiger partial charge in [0.05, 0.1) is 0 Å². The van der Waals surface area contributed by atoms with Crippen LogP contribution in [0, 0.1) is 0 Å². The van der Waals surface area contributed by atoms with Crippen LogP contribution in [-0.4, -0.2) is 24.6 Å². The number of hydrogen-bond acceptors (Lipinski definition) is 3. The second-order valence-electron chi connectivity index (χ2n) is 1.97. The van der Waals surface area contributed by atoms with Crippen molar-refractivity contribution >= 4 is 15.8 Å². The van der Waals surface area contributed by atoms with Gasteiger partial charge in [0.1, 0.15) is 0 Å². The SMILES string of the molecule is O=P(O)(O)F.O=P(O)(O)F.c1ccncc1. The zero-order valence-corrected chi connectivity index (χ0v) is 9.38. The van der Waals surface area contributed by atoms with Crippen LogP contribution in [0.15, 0.2) is 30.6 Å². The molecule has 0 bridgehead atoms. The molecular formula is C5H9F2NO6P2. The molecule has 16 heavy (non-hydrogen) atoms. The molecular weight excluding hydrogens is 270 g/mol. The average Bonchev–Trinajstić information content (AvgIpc) is 2.01.